The fourth-order valence-corrected chi connectivity index (χ4v) is 2.98. The summed E-state index contributed by atoms with van der Waals surface area (Å²) >= 11 is 4.91. The van der Waals surface area contributed by atoms with Gasteiger partial charge in [-0.05, 0) is 32.0 Å². The van der Waals surface area contributed by atoms with Gasteiger partial charge in [0.2, 0.25) is 0 Å². The summed E-state index contributed by atoms with van der Waals surface area (Å²) in [4.78, 5) is 15.4. The lowest BCUT2D eigenvalue weighted by molar-refractivity contribution is 0.0697. The van der Waals surface area contributed by atoms with E-state index in [0.717, 1.165) is 20.9 Å². The number of carboxylic acids is 1. The number of carboxylic acid groups (broad SMARTS) is 1. The van der Waals surface area contributed by atoms with Crippen molar-refractivity contribution in [2.75, 3.05) is 5.32 Å². The maximum absolute atomic E-state index is 11.0. The molecule has 0 saturated carbocycles. The molecule has 0 spiro atoms. The van der Waals surface area contributed by atoms with E-state index in [9.17, 15) is 4.79 Å². The van der Waals surface area contributed by atoms with E-state index >= 15 is 0 Å². The van der Waals surface area contributed by atoms with E-state index in [0.29, 0.717) is 0 Å². The molecule has 0 aliphatic carbocycles. The molecular weight excluding hydrogens is 328 g/mol. The standard InChI is InChI=1S/C13H13BrN2O2S/c1-7-6-19-12(15-7)8(2)16-11-4-9(13(17)18)3-10(14)5-11/h3-6,8,16H,1-2H3,(H,17,18). The molecule has 1 aromatic heterocycles. The van der Waals surface area contributed by atoms with Gasteiger partial charge >= 0.3 is 5.97 Å². The number of halogens is 1. The van der Waals surface area contributed by atoms with Crippen molar-refractivity contribution >= 4 is 38.9 Å². The normalized spacial score (nSPS) is 12.2. The molecule has 0 fully saturated rings. The Labute approximate surface area is 123 Å². The first kappa shape index (κ1) is 14.0. The first-order valence-electron chi connectivity index (χ1n) is 5.68. The topological polar surface area (TPSA) is 62.2 Å². The molecular formula is C13H13BrN2O2S. The van der Waals surface area contributed by atoms with Gasteiger partial charge in [-0.1, -0.05) is 15.9 Å². The van der Waals surface area contributed by atoms with Crippen molar-refractivity contribution in [3.05, 3.63) is 44.3 Å². The highest BCUT2D eigenvalue weighted by Gasteiger charge is 2.11. The van der Waals surface area contributed by atoms with Crippen LogP contribution in [-0.2, 0) is 0 Å². The van der Waals surface area contributed by atoms with Gasteiger partial charge in [-0.3, -0.25) is 0 Å². The van der Waals surface area contributed by atoms with Crippen LogP contribution in [-0.4, -0.2) is 16.1 Å². The minimum Gasteiger partial charge on any atom is -0.478 e. The Balaban J connectivity index is 2.21. The maximum Gasteiger partial charge on any atom is 0.335 e. The first-order chi connectivity index (χ1) is 8.95. The Morgan fingerprint density at radius 3 is 2.79 bits per heavy atom. The van der Waals surface area contributed by atoms with Gasteiger partial charge in [0.25, 0.3) is 0 Å². The minimum absolute atomic E-state index is 0.0367. The fraction of sp³-hybridized carbons (Fsp3) is 0.231. The van der Waals surface area contributed by atoms with Crippen LogP contribution in [0.3, 0.4) is 0 Å². The van der Waals surface area contributed by atoms with E-state index in [1.165, 1.54) is 0 Å². The molecule has 100 valence electrons. The van der Waals surface area contributed by atoms with E-state index in [-0.39, 0.29) is 11.6 Å². The van der Waals surface area contributed by atoms with Gasteiger partial charge in [0, 0.05) is 21.2 Å². The third kappa shape index (κ3) is 3.54. The molecule has 19 heavy (non-hydrogen) atoms. The fourth-order valence-electron chi connectivity index (χ4n) is 1.68. The van der Waals surface area contributed by atoms with Crippen LogP contribution in [0.1, 0.15) is 34.0 Å². The van der Waals surface area contributed by atoms with Crippen LogP contribution in [0.25, 0.3) is 0 Å². The Bertz CT molecular complexity index is 612. The number of anilines is 1. The lowest BCUT2D eigenvalue weighted by Crippen LogP contribution is -2.07. The molecule has 1 heterocycles. The SMILES string of the molecule is Cc1csc(C(C)Nc2cc(Br)cc(C(=O)O)c2)n1. The molecule has 0 saturated heterocycles. The zero-order valence-corrected chi connectivity index (χ0v) is 12.9. The van der Waals surface area contributed by atoms with Crippen LogP contribution in [0.5, 0.6) is 0 Å². The monoisotopic (exact) mass is 340 g/mol. The number of nitrogens with one attached hydrogen (secondary N) is 1. The number of hydrogen-bond donors (Lipinski definition) is 2. The van der Waals surface area contributed by atoms with Crippen molar-refractivity contribution in [3.63, 3.8) is 0 Å². The number of aryl methyl sites for hydroxylation is 1. The Morgan fingerprint density at radius 2 is 2.21 bits per heavy atom. The molecule has 2 N–H and O–H groups in total. The van der Waals surface area contributed by atoms with E-state index in [2.05, 4.69) is 26.2 Å². The van der Waals surface area contributed by atoms with Crippen molar-refractivity contribution in [2.24, 2.45) is 0 Å². The summed E-state index contributed by atoms with van der Waals surface area (Å²) in [7, 11) is 0. The van der Waals surface area contributed by atoms with Crippen molar-refractivity contribution < 1.29 is 9.90 Å². The van der Waals surface area contributed by atoms with Gasteiger partial charge in [0.05, 0.1) is 11.6 Å². The quantitative estimate of drug-likeness (QED) is 0.879. The molecule has 6 heteroatoms. The predicted molar refractivity (Wildman–Crippen MR) is 80.0 cm³/mol. The second-order valence-electron chi connectivity index (χ2n) is 4.23. The highest BCUT2D eigenvalue weighted by molar-refractivity contribution is 9.10. The van der Waals surface area contributed by atoms with Crippen LogP contribution in [0, 0.1) is 6.92 Å². The van der Waals surface area contributed by atoms with Crippen LogP contribution in [0.4, 0.5) is 5.69 Å². The third-order valence-corrected chi connectivity index (χ3v) is 4.14. The van der Waals surface area contributed by atoms with Crippen LogP contribution in [0.2, 0.25) is 0 Å². The molecule has 0 aliphatic heterocycles. The van der Waals surface area contributed by atoms with Gasteiger partial charge in [-0.25, -0.2) is 9.78 Å². The van der Waals surface area contributed by atoms with E-state index < -0.39 is 5.97 Å². The average molecular weight is 341 g/mol. The average Bonchev–Trinajstić information content (AvgIpc) is 2.75. The molecule has 1 atom stereocenters. The largest absolute Gasteiger partial charge is 0.478 e. The molecule has 0 radical (unpaired) electrons. The number of rotatable bonds is 4. The molecule has 0 bridgehead atoms. The minimum atomic E-state index is -0.943. The number of carbonyl (C=O) groups is 1. The molecule has 2 rings (SSSR count). The molecule has 4 nitrogen and oxygen atoms in total. The second-order valence-corrected chi connectivity index (χ2v) is 6.03. The summed E-state index contributed by atoms with van der Waals surface area (Å²) < 4.78 is 0.734. The zero-order chi connectivity index (χ0) is 14.0. The number of hydrogen-bond acceptors (Lipinski definition) is 4. The molecule has 1 aromatic carbocycles. The van der Waals surface area contributed by atoms with Gasteiger partial charge in [-0.2, -0.15) is 0 Å². The predicted octanol–water partition coefficient (Wildman–Crippen LogP) is 4.09. The summed E-state index contributed by atoms with van der Waals surface area (Å²) in [5, 5.41) is 15.3. The number of aromatic nitrogens is 1. The number of aromatic carboxylic acids is 1. The molecule has 0 aliphatic rings. The number of thiazole rings is 1. The number of nitrogens with zero attached hydrogens (tertiary/aromatic N) is 1. The maximum atomic E-state index is 11.0. The Kier molecular flexibility index (Phi) is 4.21. The van der Waals surface area contributed by atoms with Gasteiger partial charge in [0.15, 0.2) is 0 Å². The third-order valence-electron chi connectivity index (χ3n) is 2.54. The summed E-state index contributed by atoms with van der Waals surface area (Å²) in [5.74, 6) is -0.943. The molecule has 1 unspecified atom stereocenters. The van der Waals surface area contributed by atoms with Gasteiger partial charge in [-0.15, -0.1) is 11.3 Å². The highest BCUT2D eigenvalue weighted by Crippen LogP contribution is 2.25. The molecule has 2 aromatic rings. The van der Waals surface area contributed by atoms with Crippen molar-refractivity contribution in [1.82, 2.24) is 4.98 Å². The lowest BCUT2D eigenvalue weighted by Gasteiger charge is -2.13. The van der Waals surface area contributed by atoms with Crippen molar-refractivity contribution in [2.45, 2.75) is 19.9 Å². The van der Waals surface area contributed by atoms with E-state index in [4.69, 9.17) is 5.11 Å². The lowest BCUT2D eigenvalue weighted by atomic mass is 10.2. The highest BCUT2D eigenvalue weighted by atomic mass is 79.9. The zero-order valence-electron chi connectivity index (χ0n) is 10.5. The Hall–Kier alpha value is -1.40. The van der Waals surface area contributed by atoms with Crippen LogP contribution in [0.15, 0.2) is 28.1 Å². The molecule has 0 amide bonds. The number of benzene rings is 1. The van der Waals surface area contributed by atoms with Crippen LogP contribution < -0.4 is 5.32 Å². The van der Waals surface area contributed by atoms with Crippen LogP contribution >= 0.6 is 27.3 Å². The van der Waals surface area contributed by atoms with Gasteiger partial charge < -0.3 is 10.4 Å². The summed E-state index contributed by atoms with van der Waals surface area (Å²) in [5.41, 5.74) is 2.00. The summed E-state index contributed by atoms with van der Waals surface area (Å²) in [6, 6.07) is 5.08. The second kappa shape index (κ2) is 5.71. The van der Waals surface area contributed by atoms with Crippen molar-refractivity contribution in [1.29, 1.82) is 0 Å². The summed E-state index contributed by atoms with van der Waals surface area (Å²) in [6.07, 6.45) is 0. The first-order valence-corrected chi connectivity index (χ1v) is 7.35. The summed E-state index contributed by atoms with van der Waals surface area (Å²) in [6.45, 7) is 3.95. The smallest absolute Gasteiger partial charge is 0.335 e. The van der Waals surface area contributed by atoms with E-state index in [1.807, 2.05) is 25.3 Å². The van der Waals surface area contributed by atoms with Crippen molar-refractivity contribution in [3.8, 4) is 0 Å². The van der Waals surface area contributed by atoms with E-state index in [1.54, 1.807) is 23.5 Å². The Morgan fingerprint density at radius 1 is 1.47 bits per heavy atom. The van der Waals surface area contributed by atoms with Gasteiger partial charge in [0.1, 0.15) is 5.01 Å².